The molecule has 39 heavy (non-hydrogen) atoms. The Balaban J connectivity index is 1.89. The summed E-state index contributed by atoms with van der Waals surface area (Å²) >= 11 is 1.10. The monoisotopic (exact) mass is 564 g/mol. The van der Waals surface area contributed by atoms with Gasteiger partial charge in [0.25, 0.3) is 0 Å². The molecule has 1 N–H and O–H groups in total. The second kappa shape index (κ2) is 13.4. The number of carbonyl (C=O) groups is 4. The second-order valence-electron chi connectivity index (χ2n) is 8.85. The molecule has 0 unspecified atom stereocenters. The fourth-order valence-corrected chi connectivity index (χ4v) is 5.06. The molecule has 212 valence electrons. The van der Waals surface area contributed by atoms with Crippen LogP contribution in [0.1, 0.15) is 39.1 Å². The summed E-state index contributed by atoms with van der Waals surface area (Å²) in [7, 11) is 1.75. The maximum absolute atomic E-state index is 12.1. The number of benzene rings is 1. The molecule has 0 spiro atoms. The first-order valence-electron chi connectivity index (χ1n) is 12.1. The number of nitrogens with zero attached hydrogens (tertiary/aromatic N) is 3. The molecule has 5 atom stereocenters. The van der Waals surface area contributed by atoms with Crippen molar-refractivity contribution >= 4 is 35.6 Å². The molecule has 0 aliphatic carbocycles. The van der Waals surface area contributed by atoms with Crippen molar-refractivity contribution < 1.29 is 42.9 Å². The Bertz CT molecular complexity index is 1200. The smallest absolute Gasteiger partial charge is 0.303 e. The molecule has 1 amide bonds. The molecule has 1 fully saturated rings. The Kier molecular flexibility index (Phi) is 10.3. The van der Waals surface area contributed by atoms with E-state index in [-0.39, 0.29) is 13.2 Å². The third-order valence-electron chi connectivity index (χ3n) is 5.67. The van der Waals surface area contributed by atoms with Crippen molar-refractivity contribution in [1.82, 2.24) is 20.1 Å². The van der Waals surface area contributed by atoms with Crippen molar-refractivity contribution in [2.75, 3.05) is 6.61 Å². The van der Waals surface area contributed by atoms with Gasteiger partial charge in [-0.3, -0.25) is 19.2 Å². The van der Waals surface area contributed by atoms with Gasteiger partial charge in [-0.05, 0) is 18.6 Å². The van der Waals surface area contributed by atoms with Gasteiger partial charge in [-0.1, -0.05) is 30.0 Å². The van der Waals surface area contributed by atoms with Crippen LogP contribution >= 0.6 is 11.8 Å². The SMILES string of the molecule is CC(=O)N[C@H]1[C@H](OC(C)=O)[C@@H](OC(C)=O)[C@@H](COC(C)=O)O[C@H]1Sc1nnc(COc2ccccc2C)n1C. The third-order valence-corrected chi connectivity index (χ3v) is 6.87. The van der Waals surface area contributed by atoms with Crippen LogP contribution < -0.4 is 10.1 Å². The molecule has 0 radical (unpaired) electrons. The summed E-state index contributed by atoms with van der Waals surface area (Å²) in [4.78, 5) is 47.6. The fourth-order valence-electron chi connectivity index (χ4n) is 3.93. The zero-order valence-corrected chi connectivity index (χ0v) is 23.4. The van der Waals surface area contributed by atoms with Crippen LogP contribution in [0.15, 0.2) is 29.4 Å². The minimum atomic E-state index is -1.17. The van der Waals surface area contributed by atoms with Gasteiger partial charge < -0.3 is 33.6 Å². The Morgan fingerprint density at radius 3 is 2.28 bits per heavy atom. The molecule has 0 saturated carbocycles. The van der Waals surface area contributed by atoms with E-state index in [0.717, 1.165) is 17.3 Å². The van der Waals surface area contributed by atoms with Crippen LogP contribution in [-0.4, -0.2) is 75.0 Å². The largest absolute Gasteiger partial charge is 0.485 e. The lowest BCUT2D eigenvalue weighted by Crippen LogP contribution is -2.65. The van der Waals surface area contributed by atoms with Crippen molar-refractivity contribution in [3.8, 4) is 5.75 Å². The summed E-state index contributed by atoms with van der Waals surface area (Å²) in [6, 6.07) is 6.62. The number of aryl methyl sites for hydroxylation is 1. The van der Waals surface area contributed by atoms with Crippen LogP contribution in [0.4, 0.5) is 0 Å². The van der Waals surface area contributed by atoms with Gasteiger partial charge in [0, 0.05) is 34.7 Å². The predicted molar refractivity (Wildman–Crippen MR) is 136 cm³/mol. The van der Waals surface area contributed by atoms with Crippen molar-refractivity contribution in [3.05, 3.63) is 35.7 Å². The number of amides is 1. The van der Waals surface area contributed by atoms with Gasteiger partial charge in [-0.2, -0.15) is 0 Å². The number of hydrogen-bond acceptors (Lipinski definition) is 12. The average molecular weight is 565 g/mol. The Morgan fingerprint density at radius 1 is 1.00 bits per heavy atom. The molecular formula is C25H32N4O9S. The Hall–Kier alpha value is -3.65. The molecular weight excluding hydrogens is 532 g/mol. The van der Waals surface area contributed by atoms with Crippen molar-refractivity contribution in [3.63, 3.8) is 0 Å². The van der Waals surface area contributed by atoms with E-state index >= 15 is 0 Å². The summed E-state index contributed by atoms with van der Waals surface area (Å²) in [5.74, 6) is -1.12. The molecule has 1 aliphatic heterocycles. The van der Waals surface area contributed by atoms with Crippen molar-refractivity contribution in [1.29, 1.82) is 0 Å². The zero-order valence-electron chi connectivity index (χ0n) is 22.5. The zero-order chi connectivity index (χ0) is 28.7. The summed E-state index contributed by atoms with van der Waals surface area (Å²) in [5.41, 5.74) is 0.0688. The molecule has 2 aromatic rings. The molecule has 0 bridgehead atoms. The highest BCUT2D eigenvalue weighted by atomic mass is 32.2. The normalized spacial score (nSPS) is 22.5. The molecule has 2 heterocycles. The van der Waals surface area contributed by atoms with Crippen LogP contribution in [0, 0.1) is 6.92 Å². The van der Waals surface area contributed by atoms with Gasteiger partial charge in [-0.25, -0.2) is 0 Å². The lowest BCUT2D eigenvalue weighted by atomic mass is 9.97. The number of esters is 3. The van der Waals surface area contributed by atoms with Gasteiger partial charge in [0.1, 0.15) is 36.5 Å². The summed E-state index contributed by atoms with van der Waals surface area (Å²) in [6.07, 6.45) is -3.34. The van der Waals surface area contributed by atoms with Crippen molar-refractivity contribution in [2.45, 2.75) is 76.2 Å². The highest BCUT2D eigenvalue weighted by Gasteiger charge is 2.51. The number of hydrogen-bond donors (Lipinski definition) is 1. The van der Waals surface area contributed by atoms with Crippen LogP contribution in [0.3, 0.4) is 0 Å². The highest BCUT2D eigenvalue weighted by Crippen LogP contribution is 2.35. The number of ether oxygens (including phenoxy) is 5. The number of thioether (sulfide) groups is 1. The molecule has 13 nitrogen and oxygen atoms in total. The lowest BCUT2D eigenvalue weighted by Gasteiger charge is -2.44. The van der Waals surface area contributed by atoms with E-state index in [9.17, 15) is 19.2 Å². The van der Waals surface area contributed by atoms with E-state index in [1.165, 1.54) is 27.7 Å². The first-order chi connectivity index (χ1) is 18.5. The maximum Gasteiger partial charge on any atom is 0.303 e. The summed E-state index contributed by atoms with van der Waals surface area (Å²) in [5, 5.41) is 11.6. The van der Waals surface area contributed by atoms with E-state index in [1.807, 2.05) is 31.2 Å². The molecule has 1 aromatic carbocycles. The fraction of sp³-hybridized carbons (Fsp3) is 0.520. The third kappa shape index (κ3) is 8.17. The van der Waals surface area contributed by atoms with Crippen LogP contribution in [0.2, 0.25) is 0 Å². The molecule has 1 aromatic heterocycles. The highest BCUT2D eigenvalue weighted by molar-refractivity contribution is 7.99. The van der Waals surface area contributed by atoms with Gasteiger partial charge in [-0.15, -0.1) is 10.2 Å². The summed E-state index contributed by atoms with van der Waals surface area (Å²) in [6.45, 7) is 6.68. The van der Waals surface area contributed by atoms with E-state index in [2.05, 4.69) is 15.5 Å². The summed E-state index contributed by atoms with van der Waals surface area (Å²) < 4.78 is 29.9. The number of rotatable bonds is 10. The van der Waals surface area contributed by atoms with Gasteiger partial charge in [0.15, 0.2) is 23.2 Å². The molecule has 1 saturated heterocycles. The molecule has 3 rings (SSSR count). The number of para-hydroxylation sites is 1. The lowest BCUT2D eigenvalue weighted by molar-refractivity contribution is -0.211. The van der Waals surface area contributed by atoms with E-state index < -0.39 is 53.6 Å². The van der Waals surface area contributed by atoms with Crippen molar-refractivity contribution in [2.24, 2.45) is 7.05 Å². The van der Waals surface area contributed by atoms with Gasteiger partial charge >= 0.3 is 17.9 Å². The minimum absolute atomic E-state index is 0.148. The first-order valence-corrected chi connectivity index (χ1v) is 13.0. The molecule has 14 heteroatoms. The number of carbonyl (C=O) groups excluding carboxylic acids is 4. The van der Waals surface area contributed by atoms with E-state index in [4.69, 9.17) is 23.7 Å². The topological polar surface area (TPSA) is 157 Å². The Morgan fingerprint density at radius 2 is 1.67 bits per heavy atom. The van der Waals surface area contributed by atoms with Crippen LogP contribution in [0.25, 0.3) is 0 Å². The van der Waals surface area contributed by atoms with Crippen LogP contribution in [-0.2, 0) is 51.8 Å². The second-order valence-corrected chi connectivity index (χ2v) is 9.92. The van der Waals surface area contributed by atoms with E-state index in [0.29, 0.717) is 16.7 Å². The van der Waals surface area contributed by atoms with Gasteiger partial charge in [0.05, 0.1) is 0 Å². The number of aromatic nitrogens is 3. The predicted octanol–water partition coefficient (Wildman–Crippen LogP) is 1.45. The van der Waals surface area contributed by atoms with Gasteiger partial charge in [0.2, 0.25) is 5.91 Å². The number of nitrogens with one attached hydrogen (secondary N) is 1. The molecule has 1 aliphatic rings. The average Bonchev–Trinajstić information content (AvgIpc) is 3.19. The minimum Gasteiger partial charge on any atom is -0.485 e. The maximum atomic E-state index is 12.1. The van der Waals surface area contributed by atoms with Crippen LogP contribution in [0.5, 0.6) is 5.75 Å². The standard InChI is InChI=1S/C25H32N4O9S/c1-13-9-7-8-10-18(13)35-12-20-27-28-25(29(20)6)39-24-21(26-14(2)30)23(37-17(5)33)22(36-16(4)32)19(38-24)11-34-15(3)31/h7-10,19,21-24H,11-12H2,1-6H3,(H,26,30)/t19-,21+,22+,23+,24+/m1/s1. The Labute approximate surface area is 229 Å². The first kappa shape index (κ1) is 29.9. The van der Waals surface area contributed by atoms with E-state index in [1.54, 1.807) is 11.6 Å². The quantitative estimate of drug-likeness (QED) is 0.328.